The summed E-state index contributed by atoms with van der Waals surface area (Å²) in [4.78, 5) is 13.9. The Bertz CT molecular complexity index is 647. The van der Waals surface area contributed by atoms with E-state index in [1.54, 1.807) is 35.7 Å². The number of hydrogen-bond acceptors (Lipinski definition) is 4. The SMILES string of the molecule is CSCCC(N)C(=O)NCc1ccc(Sc2ccc(F)cc2)cc1. The topological polar surface area (TPSA) is 55.1 Å². The molecule has 0 aromatic heterocycles. The molecule has 3 nitrogen and oxygen atoms in total. The predicted octanol–water partition coefficient (Wildman–Crippen LogP) is 3.67. The highest BCUT2D eigenvalue weighted by Crippen LogP contribution is 2.27. The van der Waals surface area contributed by atoms with Crippen LogP contribution in [0.3, 0.4) is 0 Å². The molecule has 0 radical (unpaired) electrons. The van der Waals surface area contributed by atoms with Gasteiger partial charge in [-0.3, -0.25) is 4.79 Å². The van der Waals surface area contributed by atoms with Crippen molar-refractivity contribution in [2.45, 2.75) is 28.8 Å². The fraction of sp³-hybridized carbons (Fsp3) is 0.278. The molecule has 2 aromatic rings. The zero-order valence-corrected chi connectivity index (χ0v) is 15.1. The van der Waals surface area contributed by atoms with E-state index in [0.29, 0.717) is 13.0 Å². The molecule has 1 atom stereocenters. The van der Waals surface area contributed by atoms with Gasteiger partial charge in [-0.2, -0.15) is 11.8 Å². The Morgan fingerprint density at radius 3 is 2.29 bits per heavy atom. The fourth-order valence-corrected chi connectivity index (χ4v) is 3.32. The van der Waals surface area contributed by atoms with Crippen LogP contribution in [0.4, 0.5) is 4.39 Å². The van der Waals surface area contributed by atoms with Crippen molar-refractivity contribution in [3.05, 3.63) is 59.9 Å². The molecule has 0 saturated heterocycles. The first-order chi connectivity index (χ1) is 11.6. The molecule has 0 aliphatic carbocycles. The molecule has 3 N–H and O–H groups in total. The van der Waals surface area contributed by atoms with Crippen LogP contribution in [0.5, 0.6) is 0 Å². The van der Waals surface area contributed by atoms with E-state index < -0.39 is 6.04 Å². The van der Waals surface area contributed by atoms with Crippen molar-refractivity contribution in [1.29, 1.82) is 0 Å². The van der Waals surface area contributed by atoms with Crippen molar-refractivity contribution in [2.75, 3.05) is 12.0 Å². The standard InChI is InChI=1S/C18H21FN2OS2/c1-23-11-10-17(20)18(22)21-12-13-2-6-15(7-3-13)24-16-8-4-14(19)5-9-16/h2-9,17H,10-12,20H2,1H3,(H,21,22). The van der Waals surface area contributed by atoms with Gasteiger partial charge in [-0.15, -0.1) is 0 Å². The number of hydrogen-bond donors (Lipinski definition) is 2. The molecule has 128 valence electrons. The zero-order valence-electron chi connectivity index (χ0n) is 13.5. The van der Waals surface area contributed by atoms with Gasteiger partial charge in [-0.05, 0) is 60.4 Å². The summed E-state index contributed by atoms with van der Waals surface area (Å²) in [5.74, 6) is 0.527. The summed E-state index contributed by atoms with van der Waals surface area (Å²) in [6.45, 7) is 0.466. The lowest BCUT2D eigenvalue weighted by molar-refractivity contribution is -0.122. The molecule has 2 rings (SSSR count). The minimum absolute atomic E-state index is 0.117. The second kappa shape index (κ2) is 9.71. The van der Waals surface area contributed by atoms with Crippen molar-refractivity contribution in [1.82, 2.24) is 5.32 Å². The molecule has 0 bridgehead atoms. The van der Waals surface area contributed by atoms with Crippen LogP contribution in [0.1, 0.15) is 12.0 Å². The Kier molecular flexibility index (Phi) is 7.62. The number of carbonyl (C=O) groups is 1. The molecule has 0 spiro atoms. The maximum Gasteiger partial charge on any atom is 0.237 e. The van der Waals surface area contributed by atoms with Gasteiger partial charge >= 0.3 is 0 Å². The van der Waals surface area contributed by atoms with E-state index in [4.69, 9.17) is 5.73 Å². The van der Waals surface area contributed by atoms with Crippen LogP contribution < -0.4 is 11.1 Å². The lowest BCUT2D eigenvalue weighted by Gasteiger charge is -2.12. The second-order valence-electron chi connectivity index (χ2n) is 5.31. The molecule has 1 amide bonds. The van der Waals surface area contributed by atoms with Gasteiger partial charge in [-0.1, -0.05) is 23.9 Å². The summed E-state index contributed by atoms with van der Waals surface area (Å²) in [5.41, 5.74) is 6.85. The Balaban J connectivity index is 1.83. The molecule has 0 aliphatic rings. The van der Waals surface area contributed by atoms with Crippen molar-refractivity contribution >= 4 is 29.4 Å². The van der Waals surface area contributed by atoms with E-state index in [2.05, 4.69) is 5.32 Å². The van der Waals surface area contributed by atoms with Crippen LogP contribution in [0, 0.1) is 5.82 Å². The lowest BCUT2D eigenvalue weighted by Crippen LogP contribution is -2.40. The summed E-state index contributed by atoms with van der Waals surface area (Å²) in [7, 11) is 0. The average molecular weight is 365 g/mol. The molecule has 0 fully saturated rings. The summed E-state index contributed by atoms with van der Waals surface area (Å²) in [6, 6.07) is 13.9. The second-order valence-corrected chi connectivity index (χ2v) is 7.44. The van der Waals surface area contributed by atoms with E-state index >= 15 is 0 Å². The minimum Gasteiger partial charge on any atom is -0.351 e. The molecule has 1 unspecified atom stereocenters. The van der Waals surface area contributed by atoms with Gasteiger partial charge < -0.3 is 11.1 Å². The molecule has 0 saturated carbocycles. The summed E-state index contributed by atoms with van der Waals surface area (Å²) >= 11 is 3.25. The van der Waals surface area contributed by atoms with Crippen molar-refractivity contribution in [3.8, 4) is 0 Å². The van der Waals surface area contributed by atoms with E-state index in [1.807, 2.05) is 30.5 Å². The van der Waals surface area contributed by atoms with Gasteiger partial charge in [0.05, 0.1) is 6.04 Å². The number of benzene rings is 2. The van der Waals surface area contributed by atoms with Crippen LogP contribution in [-0.4, -0.2) is 24.0 Å². The number of amides is 1. The van der Waals surface area contributed by atoms with Crippen molar-refractivity contribution in [3.63, 3.8) is 0 Å². The minimum atomic E-state index is -0.453. The van der Waals surface area contributed by atoms with Crippen LogP contribution in [0.25, 0.3) is 0 Å². The molecular weight excluding hydrogens is 343 g/mol. The number of nitrogens with two attached hydrogens (primary N) is 1. The third kappa shape index (κ3) is 6.19. The zero-order chi connectivity index (χ0) is 17.4. The van der Waals surface area contributed by atoms with Crippen LogP contribution in [0.2, 0.25) is 0 Å². The number of nitrogens with one attached hydrogen (secondary N) is 1. The summed E-state index contributed by atoms with van der Waals surface area (Å²) < 4.78 is 12.9. The van der Waals surface area contributed by atoms with Gasteiger partial charge in [0.2, 0.25) is 5.91 Å². The molecule has 24 heavy (non-hydrogen) atoms. The van der Waals surface area contributed by atoms with Crippen molar-refractivity contribution in [2.24, 2.45) is 5.73 Å². The first-order valence-corrected chi connectivity index (χ1v) is 9.84. The van der Waals surface area contributed by atoms with Gasteiger partial charge in [-0.25, -0.2) is 4.39 Å². The average Bonchev–Trinajstić information content (AvgIpc) is 2.60. The largest absolute Gasteiger partial charge is 0.351 e. The first-order valence-electron chi connectivity index (χ1n) is 7.63. The third-order valence-corrected chi connectivity index (χ3v) is 5.07. The van der Waals surface area contributed by atoms with E-state index in [1.165, 1.54) is 12.1 Å². The summed E-state index contributed by atoms with van der Waals surface area (Å²) in [5, 5.41) is 2.86. The summed E-state index contributed by atoms with van der Waals surface area (Å²) in [6.07, 6.45) is 2.68. The quantitative estimate of drug-likeness (QED) is 0.750. The fourth-order valence-electron chi connectivity index (χ4n) is 2.01. The van der Waals surface area contributed by atoms with Gasteiger partial charge in [0, 0.05) is 16.3 Å². The van der Waals surface area contributed by atoms with Gasteiger partial charge in [0.15, 0.2) is 0 Å². The number of thioether (sulfide) groups is 1. The van der Waals surface area contributed by atoms with Crippen LogP contribution in [-0.2, 0) is 11.3 Å². The Labute approximate surface area is 150 Å². The third-order valence-electron chi connectivity index (χ3n) is 3.41. The normalized spacial score (nSPS) is 12.0. The van der Waals surface area contributed by atoms with Crippen LogP contribution in [0.15, 0.2) is 58.3 Å². The maximum atomic E-state index is 12.9. The smallest absolute Gasteiger partial charge is 0.237 e. The lowest BCUT2D eigenvalue weighted by atomic mass is 10.2. The van der Waals surface area contributed by atoms with Crippen LogP contribution >= 0.6 is 23.5 Å². The molecular formula is C18H21FN2OS2. The number of rotatable bonds is 8. The van der Waals surface area contributed by atoms with Crippen molar-refractivity contribution < 1.29 is 9.18 Å². The Morgan fingerprint density at radius 1 is 1.12 bits per heavy atom. The van der Waals surface area contributed by atoms with E-state index in [-0.39, 0.29) is 11.7 Å². The highest BCUT2D eigenvalue weighted by atomic mass is 32.2. The highest BCUT2D eigenvalue weighted by molar-refractivity contribution is 7.99. The Hall–Kier alpha value is -1.50. The van der Waals surface area contributed by atoms with Gasteiger partial charge in [0.25, 0.3) is 0 Å². The van der Waals surface area contributed by atoms with Gasteiger partial charge in [0.1, 0.15) is 5.82 Å². The molecule has 0 aliphatic heterocycles. The molecule has 2 aromatic carbocycles. The van der Waals surface area contributed by atoms with E-state index in [9.17, 15) is 9.18 Å². The predicted molar refractivity (Wildman–Crippen MR) is 99.8 cm³/mol. The number of carbonyl (C=O) groups excluding carboxylic acids is 1. The molecule has 0 heterocycles. The first kappa shape index (κ1) is 18.8. The maximum absolute atomic E-state index is 12.9. The molecule has 6 heteroatoms. The Morgan fingerprint density at radius 2 is 1.71 bits per heavy atom. The monoisotopic (exact) mass is 364 g/mol. The number of halogens is 1. The van der Waals surface area contributed by atoms with E-state index in [0.717, 1.165) is 21.1 Å². The highest BCUT2D eigenvalue weighted by Gasteiger charge is 2.12.